The van der Waals surface area contributed by atoms with Gasteiger partial charge in [-0.15, -0.1) is 11.6 Å². The molecule has 0 amide bonds. The molecule has 1 fully saturated rings. The highest BCUT2D eigenvalue weighted by molar-refractivity contribution is 6.17. The number of rotatable bonds is 5. The van der Waals surface area contributed by atoms with Crippen molar-refractivity contribution in [3.8, 4) is 11.5 Å². The Morgan fingerprint density at radius 3 is 2.57 bits per heavy atom. The quantitative estimate of drug-likeness (QED) is 0.514. The zero-order valence-electron chi connectivity index (χ0n) is 11.9. The Balaban J connectivity index is 1.97. The molecule has 5 nitrogen and oxygen atoms in total. The number of hydrogen-bond donors (Lipinski definition) is 1. The third-order valence-corrected chi connectivity index (χ3v) is 3.99. The Morgan fingerprint density at radius 1 is 1.05 bits per heavy atom. The molecule has 2 N–H and O–H groups in total. The van der Waals surface area contributed by atoms with Crippen molar-refractivity contribution in [2.24, 2.45) is 0 Å². The summed E-state index contributed by atoms with van der Waals surface area (Å²) in [6.45, 7) is 2.16. The molecule has 2 heterocycles. The van der Waals surface area contributed by atoms with Crippen molar-refractivity contribution >= 4 is 17.3 Å². The number of anilines is 1. The average molecular weight is 314 g/mol. The van der Waals surface area contributed by atoms with Crippen LogP contribution in [0.2, 0.25) is 0 Å². The van der Waals surface area contributed by atoms with Crippen molar-refractivity contribution in [1.29, 1.82) is 0 Å². The van der Waals surface area contributed by atoms with E-state index in [0.717, 1.165) is 24.8 Å². The number of alkyl halides is 1. The number of halogens is 1. The second-order valence-corrected chi connectivity index (χ2v) is 5.57. The standard InChI is InChI=1S/C15H20ClNO4/c16-4-2-1-3-15(20-7-8-21-15)12-9-11(17)10-13-14(12)19-6-5-18-13/h9-10H,1-8,17H2. The SMILES string of the molecule is Nc1cc2c(c(C3(CCCCCl)OCCO3)c1)OCCO2. The predicted octanol–water partition coefficient (Wildman–Crippen LogP) is 2.65. The first-order chi connectivity index (χ1) is 10.2. The lowest BCUT2D eigenvalue weighted by Crippen LogP contribution is -2.30. The monoisotopic (exact) mass is 313 g/mol. The van der Waals surface area contributed by atoms with Gasteiger partial charge in [0.05, 0.1) is 18.8 Å². The first-order valence-electron chi connectivity index (χ1n) is 7.29. The molecule has 3 rings (SSSR count). The van der Waals surface area contributed by atoms with E-state index in [-0.39, 0.29) is 0 Å². The summed E-state index contributed by atoms with van der Waals surface area (Å²) in [6.07, 6.45) is 2.55. The maximum atomic E-state index is 6.00. The summed E-state index contributed by atoms with van der Waals surface area (Å²) in [5.41, 5.74) is 7.44. The number of benzene rings is 1. The molecule has 116 valence electrons. The van der Waals surface area contributed by atoms with Gasteiger partial charge in [0.15, 0.2) is 17.3 Å². The van der Waals surface area contributed by atoms with Crippen molar-refractivity contribution in [3.05, 3.63) is 17.7 Å². The molecule has 21 heavy (non-hydrogen) atoms. The van der Waals surface area contributed by atoms with Crippen molar-refractivity contribution < 1.29 is 18.9 Å². The average Bonchev–Trinajstić information content (AvgIpc) is 2.96. The van der Waals surface area contributed by atoms with Gasteiger partial charge in [-0.3, -0.25) is 0 Å². The second kappa shape index (κ2) is 6.30. The lowest BCUT2D eigenvalue weighted by molar-refractivity contribution is -0.173. The van der Waals surface area contributed by atoms with Crippen molar-refractivity contribution in [1.82, 2.24) is 0 Å². The van der Waals surface area contributed by atoms with E-state index in [2.05, 4.69) is 0 Å². The smallest absolute Gasteiger partial charge is 0.198 e. The molecule has 1 saturated heterocycles. The van der Waals surface area contributed by atoms with Crippen LogP contribution in [0.5, 0.6) is 11.5 Å². The van der Waals surface area contributed by atoms with Crippen molar-refractivity contribution in [2.75, 3.05) is 38.0 Å². The fourth-order valence-corrected chi connectivity index (χ4v) is 2.99. The zero-order chi connectivity index (χ0) is 14.7. The first kappa shape index (κ1) is 14.8. The fourth-order valence-electron chi connectivity index (χ4n) is 2.80. The van der Waals surface area contributed by atoms with Gasteiger partial charge in [0, 0.05) is 24.1 Å². The number of nitrogens with two attached hydrogens (primary N) is 1. The van der Waals surface area contributed by atoms with Crippen LogP contribution in [0, 0.1) is 0 Å². The van der Waals surface area contributed by atoms with E-state index in [0.29, 0.717) is 49.5 Å². The number of unbranched alkanes of at least 4 members (excludes halogenated alkanes) is 1. The van der Waals surface area contributed by atoms with E-state index in [1.165, 1.54) is 0 Å². The number of ether oxygens (including phenoxy) is 4. The molecule has 0 aliphatic carbocycles. The molecule has 0 atom stereocenters. The molecule has 1 aromatic rings. The van der Waals surface area contributed by atoms with Crippen LogP contribution in [0.25, 0.3) is 0 Å². The molecule has 0 aromatic heterocycles. The highest BCUT2D eigenvalue weighted by atomic mass is 35.5. The molecule has 0 radical (unpaired) electrons. The third-order valence-electron chi connectivity index (χ3n) is 3.72. The lowest BCUT2D eigenvalue weighted by Gasteiger charge is -2.32. The summed E-state index contributed by atoms with van der Waals surface area (Å²) in [4.78, 5) is 0. The Labute approximate surface area is 129 Å². The normalized spacial score (nSPS) is 19.7. The molecular weight excluding hydrogens is 294 g/mol. The van der Waals surface area contributed by atoms with Gasteiger partial charge in [0.2, 0.25) is 0 Å². The Kier molecular flexibility index (Phi) is 4.42. The molecule has 0 saturated carbocycles. The van der Waals surface area contributed by atoms with E-state index in [9.17, 15) is 0 Å². The lowest BCUT2D eigenvalue weighted by atomic mass is 9.97. The molecule has 0 unspecified atom stereocenters. The summed E-state index contributed by atoms with van der Waals surface area (Å²) in [7, 11) is 0. The van der Waals surface area contributed by atoms with E-state index < -0.39 is 5.79 Å². The summed E-state index contributed by atoms with van der Waals surface area (Å²) in [5, 5.41) is 0. The summed E-state index contributed by atoms with van der Waals surface area (Å²) >= 11 is 5.77. The number of nitrogen functional groups attached to an aromatic ring is 1. The van der Waals surface area contributed by atoms with Crippen LogP contribution in [0.1, 0.15) is 24.8 Å². The van der Waals surface area contributed by atoms with Gasteiger partial charge >= 0.3 is 0 Å². The van der Waals surface area contributed by atoms with Crippen LogP contribution < -0.4 is 15.2 Å². The third kappa shape index (κ3) is 2.91. The Morgan fingerprint density at radius 2 is 1.81 bits per heavy atom. The molecule has 6 heteroatoms. The van der Waals surface area contributed by atoms with Crippen molar-refractivity contribution in [2.45, 2.75) is 25.0 Å². The van der Waals surface area contributed by atoms with Crippen molar-refractivity contribution in [3.63, 3.8) is 0 Å². The van der Waals surface area contributed by atoms with Gasteiger partial charge in [0.25, 0.3) is 0 Å². The molecular formula is C15H20ClNO4. The second-order valence-electron chi connectivity index (χ2n) is 5.19. The number of fused-ring (bicyclic) bond motifs is 1. The minimum Gasteiger partial charge on any atom is -0.486 e. The van der Waals surface area contributed by atoms with E-state index >= 15 is 0 Å². The minimum absolute atomic E-state index is 0.516. The molecule has 1 aromatic carbocycles. The molecule has 2 aliphatic rings. The van der Waals surface area contributed by atoms with Gasteiger partial charge in [-0.1, -0.05) is 0 Å². The van der Waals surface area contributed by atoms with E-state index in [1.54, 1.807) is 6.07 Å². The summed E-state index contributed by atoms with van der Waals surface area (Å²) in [6, 6.07) is 3.64. The van der Waals surface area contributed by atoms with Gasteiger partial charge in [-0.2, -0.15) is 0 Å². The summed E-state index contributed by atoms with van der Waals surface area (Å²) < 4.78 is 23.3. The van der Waals surface area contributed by atoms with Crippen LogP contribution in [-0.2, 0) is 15.3 Å². The largest absolute Gasteiger partial charge is 0.486 e. The van der Waals surface area contributed by atoms with E-state index in [1.807, 2.05) is 6.07 Å². The topological polar surface area (TPSA) is 62.9 Å². The minimum atomic E-state index is -0.799. The van der Waals surface area contributed by atoms with Crippen LogP contribution in [0.3, 0.4) is 0 Å². The van der Waals surface area contributed by atoms with Gasteiger partial charge in [0.1, 0.15) is 13.2 Å². The molecule has 0 spiro atoms. The van der Waals surface area contributed by atoms with Crippen LogP contribution in [0.15, 0.2) is 12.1 Å². The number of hydrogen-bond acceptors (Lipinski definition) is 5. The maximum Gasteiger partial charge on any atom is 0.198 e. The Hall–Kier alpha value is -1.17. The predicted molar refractivity (Wildman–Crippen MR) is 80.0 cm³/mol. The molecule has 0 bridgehead atoms. The first-order valence-corrected chi connectivity index (χ1v) is 7.82. The highest BCUT2D eigenvalue weighted by Gasteiger charge is 2.42. The van der Waals surface area contributed by atoms with Gasteiger partial charge < -0.3 is 24.7 Å². The maximum absolute atomic E-state index is 6.00. The molecule has 2 aliphatic heterocycles. The van der Waals surface area contributed by atoms with Crippen LogP contribution in [0.4, 0.5) is 5.69 Å². The van der Waals surface area contributed by atoms with Crippen LogP contribution in [-0.4, -0.2) is 32.3 Å². The van der Waals surface area contributed by atoms with E-state index in [4.69, 9.17) is 36.3 Å². The zero-order valence-corrected chi connectivity index (χ0v) is 12.7. The van der Waals surface area contributed by atoms with Gasteiger partial charge in [-0.05, 0) is 18.9 Å². The fraction of sp³-hybridized carbons (Fsp3) is 0.600. The summed E-state index contributed by atoms with van der Waals surface area (Å²) in [5.74, 6) is 1.17. The van der Waals surface area contributed by atoms with Crippen LogP contribution >= 0.6 is 11.6 Å². The highest BCUT2D eigenvalue weighted by Crippen LogP contribution is 2.47. The Bertz CT molecular complexity index is 503. The van der Waals surface area contributed by atoms with Gasteiger partial charge in [-0.25, -0.2) is 0 Å².